The van der Waals surface area contributed by atoms with Gasteiger partial charge in [-0.15, -0.1) is 0 Å². The van der Waals surface area contributed by atoms with E-state index < -0.39 is 0 Å². The smallest absolute Gasteiger partial charge is 0.317 e. The summed E-state index contributed by atoms with van der Waals surface area (Å²) in [5.41, 5.74) is 2.98. The Kier molecular flexibility index (Phi) is 6.02. The first-order chi connectivity index (χ1) is 12.6. The van der Waals surface area contributed by atoms with E-state index >= 15 is 0 Å². The molecule has 1 aliphatic heterocycles. The summed E-state index contributed by atoms with van der Waals surface area (Å²) in [6.07, 6.45) is 0. The predicted octanol–water partition coefficient (Wildman–Crippen LogP) is 2.71. The molecule has 1 heterocycles. The molecule has 26 heavy (non-hydrogen) atoms. The zero-order chi connectivity index (χ0) is 18.4. The number of nitrogens with one attached hydrogen (secondary N) is 1. The first kappa shape index (κ1) is 18.1. The standard InChI is InChI=1S/C21H25N3O2/c1-17-7-9-19(10-8-17)20(25)16-23-11-13-24(14-12-23)21(26)22-15-18-5-3-2-4-6-18/h2-10H,11-16H2,1H3,(H,22,26). The third-order valence-electron chi connectivity index (χ3n) is 4.69. The Labute approximate surface area is 154 Å². The van der Waals surface area contributed by atoms with Gasteiger partial charge in [0, 0.05) is 38.3 Å². The summed E-state index contributed by atoms with van der Waals surface area (Å²) in [7, 11) is 0. The molecule has 2 aromatic rings. The minimum atomic E-state index is -0.0432. The second-order valence-corrected chi connectivity index (χ2v) is 6.70. The molecule has 0 aliphatic carbocycles. The Morgan fingerprint density at radius 3 is 2.23 bits per heavy atom. The summed E-state index contributed by atoms with van der Waals surface area (Å²) in [6.45, 7) is 5.67. The van der Waals surface area contributed by atoms with Gasteiger partial charge in [-0.25, -0.2) is 4.79 Å². The molecule has 2 amide bonds. The van der Waals surface area contributed by atoms with Gasteiger partial charge in [-0.1, -0.05) is 60.2 Å². The average molecular weight is 351 g/mol. The number of Topliss-reactive ketones (excluding diaryl/α,β-unsaturated/α-hetero) is 1. The lowest BCUT2D eigenvalue weighted by molar-refractivity contribution is 0.0878. The van der Waals surface area contributed by atoms with Crippen LogP contribution < -0.4 is 5.32 Å². The molecule has 3 rings (SSSR count). The number of hydrogen-bond donors (Lipinski definition) is 1. The highest BCUT2D eigenvalue weighted by Gasteiger charge is 2.22. The van der Waals surface area contributed by atoms with Crippen LogP contribution in [0, 0.1) is 6.92 Å². The predicted molar refractivity (Wildman–Crippen MR) is 102 cm³/mol. The van der Waals surface area contributed by atoms with E-state index in [9.17, 15) is 9.59 Å². The molecule has 0 aromatic heterocycles. The van der Waals surface area contributed by atoms with Crippen molar-refractivity contribution in [3.05, 3.63) is 71.3 Å². The third-order valence-corrected chi connectivity index (χ3v) is 4.69. The van der Waals surface area contributed by atoms with Gasteiger partial charge in [0.1, 0.15) is 0 Å². The summed E-state index contributed by atoms with van der Waals surface area (Å²) in [6, 6.07) is 17.5. The molecule has 0 radical (unpaired) electrons. The van der Waals surface area contributed by atoms with Crippen LogP contribution >= 0.6 is 0 Å². The lowest BCUT2D eigenvalue weighted by atomic mass is 10.1. The summed E-state index contributed by atoms with van der Waals surface area (Å²) in [5, 5.41) is 2.96. The molecule has 0 spiro atoms. The van der Waals surface area contributed by atoms with E-state index in [1.54, 1.807) is 0 Å². The van der Waals surface area contributed by atoms with Crippen LogP contribution in [0.1, 0.15) is 21.5 Å². The second-order valence-electron chi connectivity index (χ2n) is 6.70. The van der Waals surface area contributed by atoms with Gasteiger partial charge in [-0.2, -0.15) is 0 Å². The molecule has 136 valence electrons. The molecule has 1 saturated heterocycles. The topological polar surface area (TPSA) is 52.7 Å². The van der Waals surface area contributed by atoms with Crippen LogP contribution in [0.3, 0.4) is 0 Å². The molecule has 1 aliphatic rings. The average Bonchev–Trinajstić information content (AvgIpc) is 2.68. The Hall–Kier alpha value is -2.66. The maximum atomic E-state index is 12.4. The number of ketones is 1. The van der Waals surface area contributed by atoms with Crippen molar-refractivity contribution >= 4 is 11.8 Å². The molecular weight excluding hydrogens is 326 g/mol. The number of piperazine rings is 1. The number of amides is 2. The van der Waals surface area contributed by atoms with Crippen molar-refractivity contribution in [2.75, 3.05) is 32.7 Å². The largest absolute Gasteiger partial charge is 0.334 e. The summed E-state index contributed by atoms with van der Waals surface area (Å²) >= 11 is 0. The van der Waals surface area contributed by atoms with Crippen molar-refractivity contribution in [1.82, 2.24) is 15.1 Å². The Morgan fingerprint density at radius 2 is 1.58 bits per heavy atom. The van der Waals surface area contributed by atoms with E-state index in [0.29, 0.717) is 26.2 Å². The molecule has 5 heteroatoms. The van der Waals surface area contributed by atoms with Crippen molar-refractivity contribution in [2.45, 2.75) is 13.5 Å². The maximum Gasteiger partial charge on any atom is 0.317 e. The van der Waals surface area contributed by atoms with Crippen molar-refractivity contribution in [3.8, 4) is 0 Å². The minimum absolute atomic E-state index is 0.0432. The van der Waals surface area contributed by atoms with Gasteiger partial charge >= 0.3 is 6.03 Å². The highest BCUT2D eigenvalue weighted by atomic mass is 16.2. The number of aryl methyl sites for hydroxylation is 1. The quantitative estimate of drug-likeness (QED) is 0.843. The highest BCUT2D eigenvalue weighted by Crippen LogP contribution is 2.08. The molecule has 1 fully saturated rings. The van der Waals surface area contributed by atoms with E-state index in [-0.39, 0.29) is 11.8 Å². The lowest BCUT2D eigenvalue weighted by Crippen LogP contribution is -2.52. The highest BCUT2D eigenvalue weighted by molar-refractivity contribution is 5.97. The number of benzene rings is 2. The SMILES string of the molecule is Cc1ccc(C(=O)CN2CCN(C(=O)NCc3ccccc3)CC2)cc1. The van der Waals surface area contributed by atoms with Crippen LogP contribution in [-0.2, 0) is 6.54 Å². The molecule has 0 unspecified atom stereocenters. The van der Waals surface area contributed by atoms with Crippen LogP contribution in [-0.4, -0.2) is 54.3 Å². The van der Waals surface area contributed by atoms with E-state index in [2.05, 4.69) is 10.2 Å². The van der Waals surface area contributed by atoms with Gasteiger partial charge < -0.3 is 10.2 Å². The zero-order valence-electron chi connectivity index (χ0n) is 15.1. The fraction of sp³-hybridized carbons (Fsp3) is 0.333. The van der Waals surface area contributed by atoms with Crippen LogP contribution in [0.2, 0.25) is 0 Å². The van der Waals surface area contributed by atoms with Gasteiger partial charge in [0.15, 0.2) is 5.78 Å². The fourth-order valence-corrected chi connectivity index (χ4v) is 3.03. The van der Waals surface area contributed by atoms with Crippen molar-refractivity contribution in [2.24, 2.45) is 0 Å². The summed E-state index contributed by atoms with van der Waals surface area (Å²) in [4.78, 5) is 28.6. The Morgan fingerprint density at radius 1 is 0.923 bits per heavy atom. The first-order valence-electron chi connectivity index (χ1n) is 9.01. The van der Waals surface area contributed by atoms with Gasteiger partial charge in [0.05, 0.1) is 6.54 Å². The van der Waals surface area contributed by atoms with Crippen molar-refractivity contribution in [3.63, 3.8) is 0 Å². The van der Waals surface area contributed by atoms with Gasteiger partial charge in [0.2, 0.25) is 0 Å². The van der Waals surface area contributed by atoms with Crippen molar-refractivity contribution in [1.29, 1.82) is 0 Å². The number of hydrogen-bond acceptors (Lipinski definition) is 3. The Balaban J connectivity index is 1.42. The molecule has 1 N–H and O–H groups in total. The number of carbonyl (C=O) groups is 2. The Bertz CT molecular complexity index is 736. The molecule has 0 saturated carbocycles. The van der Waals surface area contributed by atoms with Gasteiger partial charge in [-0.3, -0.25) is 9.69 Å². The molecule has 0 atom stereocenters. The van der Waals surface area contributed by atoms with Crippen molar-refractivity contribution < 1.29 is 9.59 Å². The molecule has 0 bridgehead atoms. The fourth-order valence-electron chi connectivity index (χ4n) is 3.03. The first-order valence-corrected chi connectivity index (χ1v) is 9.01. The van der Waals surface area contributed by atoms with E-state index in [1.165, 1.54) is 0 Å². The molecule has 5 nitrogen and oxygen atoms in total. The van der Waals surface area contributed by atoms with Crippen LogP contribution in [0.15, 0.2) is 54.6 Å². The lowest BCUT2D eigenvalue weighted by Gasteiger charge is -2.34. The maximum absolute atomic E-state index is 12.4. The summed E-state index contributed by atoms with van der Waals surface area (Å²) in [5.74, 6) is 0.131. The number of urea groups is 1. The number of rotatable bonds is 5. The molecular formula is C21H25N3O2. The summed E-state index contributed by atoms with van der Waals surface area (Å²) < 4.78 is 0. The van der Waals surface area contributed by atoms with E-state index in [4.69, 9.17) is 0 Å². The van der Waals surface area contributed by atoms with E-state index in [0.717, 1.165) is 29.8 Å². The number of nitrogens with zero attached hydrogens (tertiary/aromatic N) is 2. The van der Waals surface area contributed by atoms with Crippen LogP contribution in [0.4, 0.5) is 4.79 Å². The van der Waals surface area contributed by atoms with E-state index in [1.807, 2.05) is 66.4 Å². The third kappa shape index (κ3) is 4.92. The van der Waals surface area contributed by atoms with Gasteiger partial charge in [-0.05, 0) is 12.5 Å². The normalized spacial score (nSPS) is 14.9. The zero-order valence-corrected chi connectivity index (χ0v) is 15.1. The van der Waals surface area contributed by atoms with Gasteiger partial charge in [0.25, 0.3) is 0 Å². The number of carbonyl (C=O) groups excluding carboxylic acids is 2. The van der Waals surface area contributed by atoms with Crippen LogP contribution in [0.25, 0.3) is 0 Å². The van der Waals surface area contributed by atoms with Crippen LogP contribution in [0.5, 0.6) is 0 Å². The minimum Gasteiger partial charge on any atom is -0.334 e. The molecule has 2 aromatic carbocycles. The second kappa shape index (κ2) is 8.63. The monoisotopic (exact) mass is 351 g/mol.